The number of carbonyl (C=O) groups excluding carboxylic acids is 1. The van der Waals surface area contributed by atoms with Crippen molar-refractivity contribution in [2.75, 3.05) is 40.5 Å². The number of nitrogens with one attached hydrogen (secondary N) is 1. The predicted molar refractivity (Wildman–Crippen MR) is 103 cm³/mol. The summed E-state index contributed by atoms with van der Waals surface area (Å²) in [5, 5.41) is 7.92. The number of nitrogens with zero attached hydrogens (tertiary/aromatic N) is 3. The van der Waals surface area contributed by atoms with Crippen LogP contribution in [0, 0.1) is 0 Å². The number of benzene rings is 1. The van der Waals surface area contributed by atoms with Gasteiger partial charge in [-0.1, -0.05) is 12.1 Å². The molecule has 1 saturated heterocycles. The summed E-state index contributed by atoms with van der Waals surface area (Å²) in [7, 11) is 3.22. The van der Waals surface area contributed by atoms with Crippen LogP contribution < -0.4 is 10.1 Å². The Morgan fingerprint density at radius 2 is 2.04 bits per heavy atom. The van der Waals surface area contributed by atoms with E-state index in [4.69, 9.17) is 21.7 Å². The lowest BCUT2D eigenvalue weighted by Crippen LogP contribution is -2.49. The van der Waals surface area contributed by atoms with E-state index in [0.717, 1.165) is 17.3 Å². The first-order chi connectivity index (χ1) is 12.7. The molecule has 0 aliphatic carbocycles. The fourth-order valence-corrected chi connectivity index (χ4v) is 3.23. The number of thiocarbonyl (C=S) groups is 1. The molecule has 138 valence electrons. The van der Waals surface area contributed by atoms with Crippen LogP contribution in [-0.4, -0.2) is 66.5 Å². The maximum atomic E-state index is 13.1. The number of hydrazine groups is 1. The second-order valence-electron chi connectivity index (χ2n) is 5.86. The van der Waals surface area contributed by atoms with Crippen LogP contribution >= 0.6 is 12.2 Å². The van der Waals surface area contributed by atoms with Gasteiger partial charge < -0.3 is 14.8 Å². The van der Waals surface area contributed by atoms with Gasteiger partial charge in [0, 0.05) is 38.2 Å². The smallest absolute Gasteiger partial charge is 0.291 e. The van der Waals surface area contributed by atoms with Crippen molar-refractivity contribution in [3.05, 3.63) is 36.0 Å². The van der Waals surface area contributed by atoms with Crippen LogP contribution in [-0.2, 0) is 4.74 Å². The van der Waals surface area contributed by atoms with Crippen molar-refractivity contribution in [1.82, 2.24) is 20.3 Å². The number of fused-ring (bicyclic) bond motifs is 1. The molecule has 8 heteroatoms. The minimum atomic E-state index is -0.192. The van der Waals surface area contributed by atoms with Crippen molar-refractivity contribution in [2.24, 2.45) is 0 Å². The molecule has 2 heterocycles. The normalized spacial score (nSPS) is 13.9. The highest BCUT2D eigenvalue weighted by Gasteiger charge is 2.30. The van der Waals surface area contributed by atoms with Gasteiger partial charge in [-0.05, 0) is 30.8 Å². The quantitative estimate of drug-likeness (QED) is 0.633. The van der Waals surface area contributed by atoms with Gasteiger partial charge in [0.05, 0.1) is 19.2 Å². The first kappa shape index (κ1) is 18.3. The third kappa shape index (κ3) is 3.71. The van der Waals surface area contributed by atoms with Crippen molar-refractivity contribution in [3.63, 3.8) is 0 Å². The first-order valence-corrected chi connectivity index (χ1v) is 8.86. The van der Waals surface area contributed by atoms with E-state index < -0.39 is 0 Å². The average Bonchev–Trinajstić information content (AvgIpc) is 3.16. The van der Waals surface area contributed by atoms with E-state index >= 15 is 0 Å². The predicted octanol–water partition coefficient (Wildman–Crippen LogP) is 1.83. The van der Waals surface area contributed by atoms with E-state index in [-0.39, 0.29) is 5.91 Å². The summed E-state index contributed by atoms with van der Waals surface area (Å²) in [5.74, 6) is 0.438. The van der Waals surface area contributed by atoms with Crippen molar-refractivity contribution < 1.29 is 14.3 Å². The van der Waals surface area contributed by atoms with Crippen molar-refractivity contribution in [2.45, 2.75) is 6.42 Å². The van der Waals surface area contributed by atoms with Gasteiger partial charge in [0.15, 0.2) is 5.11 Å². The van der Waals surface area contributed by atoms with Crippen LogP contribution in [0.15, 0.2) is 30.3 Å². The van der Waals surface area contributed by atoms with E-state index in [9.17, 15) is 4.79 Å². The highest BCUT2D eigenvalue weighted by Crippen LogP contribution is 2.26. The Bertz CT molecular complexity index is 814. The maximum absolute atomic E-state index is 13.1. The molecule has 0 bridgehead atoms. The SMILES string of the molecule is COCCNC(=S)N1CCCN1C(=O)c1cc(OC)c2ccccc2n1. The topological polar surface area (TPSA) is 66.9 Å². The zero-order valence-electron chi connectivity index (χ0n) is 14.9. The summed E-state index contributed by atoms with van der Waals surface area (Å²) >= 11 is 5.42. The number of carbonyl (C=O) groups is 1. The van der Waals surface area contributed by atoms with E-state index in [0.29, 0.717) is 42.8 Å². The molecule has 1 aromatic heterocycles. The molecular weight excluding hydrogens is 352 g/mol. The van der Waals surface area contributed by atoms with Gasteiger partial charge in [0.2, 0.25) is 0 Å². The minimum absolute atomic E-state index is 0.192. The van der Waals surface area contributed by atoms with Gasteiger partial charge in [-0.15, -0.1) is 0 Å². The van der Waals surface area contributed by atoms with Gasteiger partial charge >= 0.3 is 0 Å². The summed E-state index contributed by atoms with van der Waals surface area (Å²) in [5.41, 5.74) is 1.06. The van der Waals surface area contributed by atoms with Gasteiger partial charge in [-0.3, -0.25) is 9.80 Å². The number of aromatic nitrogens is 1. The third-order valence-corrected chi connectivity index (χ3v) is 4.55. The molecule has 0 saturated carbocycles. The lowest BCUT2D eigenvalue weighted by molar-refractivity contribution is 0.0484. The number of rotatable bonds is 5. The molecule has 0 spiro atoms. The molecule has 1 aliphatic heterocycles. The standard InChI is InChI=1S/C18H22N4O3S/c1-24-11-8-19-18(26)22-10-5-9-21(22)17(23)15-12-16(25-2)13-6-3-4-7-14(13)20-15/h3-4,6-7,12H,5,8-11H2,1-2H3,(H,19,26). The van der Waals surface area contributed by atoms with Crippen molar-refractivity contribution in [3.8, 4) is 5.75 Å². The molecule has 3 rings (SSSR count). The third-order valence-electron chi connectivity index (χ3n) is 4.20. The molecule has 0 unspecified atom stereocenters. The van der Waals surface area contributed by atoms with Gasteiger partial charge in [0.25, 0.3) is 5.91 Å². The number of methoxy groups -OCH3 is 2. The molecule has 7 nitrogen and oxygen atoms in total. The summed E-state index contributed by atoms with van der Waals surface area (Å²) < 4.78 is 10.5. The van der Waals surface area contributed by atoms with Gasteiger partial charge in [0.1, 0.15) is 11.4 Å². The fraction of sp³-hybridized carbons (Fsp3) is 0.389. The lowest BCUT2D eigenvalue weighted by atomic mass is 10.1. The maximum Gasteiger partial charge on any atom is 0.291 e. The molecule has 1 aliphatic rings. The number of para-hydroxylation sites is 1. The van der Waals surface area contributed by atoms with Crippen LogP contribution in [0.5, 0.6) is 5.75 Å². The second kappa shape index (κ2) is 8.29. The summed E-state index contributed by atoms with van der Waals surface area (Å²) in [4.78, 5) is 17.6. The van der Waals surface area contributed by atoms with Crippen molar-refractivity contribution in [1.29, 1.82) is 0 Å². The Hall–Kier alpha value is -2.45. The van der Waals surface area contributed by atoms with Crippen molar-refractivity contribution >= 4 is 34.1 Å². The number of amides is 1. The van der Waals surface area contributed by atoms with Gasteiger partial charge in [-0.25, -0.2) is 9.99 Å². The molecule has 0 atom stereocenters. The number of pyridine rings is 1. The highest BCUT2D eigenvalue weighted by molar-refractivity contribution is 7.80. The Kier molecular flexibility index (Phi) is 5.85. The molecular formula is C18H22N4O3S. The summed E-state index contributed by atoms with van der Waals surface area (Å²) in [6, 6.07) is 9.28. The minimum Gasteiger partial charge on any atom is -0.496 e. The molecule has 0 radical (unpaired) electrons. The van der Waals surface area contributed by atoms with Crippen LogP contribution in [0.4, 0.5) is 0 Å². The van der Waals surface area contributed by atoms with E-state index in [2.05, 4.69) is 10.3 Å². The number of hydrogen-bond acceptors (Lipinski definition) is 5. The second-order valence-corrected chi connectivity index (χ2v) is 6.24. The highest BCUT2D eigenvalue weighted by atomic mass is 32.1. The van der Waals surface area contributed by atoms with Crippen LogP contribution in [0.3, 0.4) is 0 Å². The monoisotopic (exact) mass is 374 g/mol. The summed E-state index contributed by atoms with van der Waals surface area (Å²) in [6.45, 7) is 2.43. The molecule has 2 aromatic rings. The van der Waals surface area contributed by atoms with Crippen LogP contribution in [0.25, 0.3) is 10.9 Å². The van der Waals surface area contributed by atoms with E-state index in [1.54, 1.807) is 30.3 Å². The zero-order chi connectivity index (χ0) is 18.5. The Balaban J connectivity index is 1.83. The molecule has 26 heavy (non-hydrogen) atoms. The largest absolute Gasteiger partial charge is 0.496 e. The lowest BCUT2D eigenvalue weighted by Gasteiger charge is -2.30. The Morgan fingerprint density at radius 1 is 1.27 bits per heavy atom. The molecule has 1 amide bonds. The van der Waals surface area contributed by atoms with Crippen LogP contribution in [0.1, 0.15) is 16.9 Å². The molecule has 1 aromatic carbocycles. The van der Waals surface area contributed by atoms with E-state index in [1.165, 1.54) is 0 Å². The van der Waals surface area contributed by atoms with E-state index in [1.807, 2.05) is 24.3 Å². The fourth-order valence-electron chi connectivity index (χ4n) is 2.94. The molecule has 1 fully saturated rings. The summed E-state index contributed by atoms with van der Waals surface area (Å²) in [6.07, 6.45) is 0.850. The van der Waals surface area contributed by atoms with Gasteiger partial charge in [-0.2, -0.15) is 0 Å². The number of hydrogen-bond donors (Lipinski definition) is 1. The average molecular weight is 374 g/mol. The molecule has 1 N–H and O–H groups in total. The number of ether oxygens (including phenoxy) is 2. The van der Waals surface area contributed by atoms with Crippen LogP contribution in [0.2, 0.25) is 0 Å². The Labute approximate surface area is 157 Å². The first-order valence-electron chi connectivity index (χ1n) is 8.45. The zero-order valence-corrected chi connectivity index (χ0v) is 15.7. The Morgan fingerprint density at radius 3 is 2.81 bits per heavy atom.